The summed E-state index contributed by atoms with van der Waals surface area (Å²) in [4.78, 5) is 24.8. The number of alkyl carbamates (subject to hydrolysis) is 1. The fourth-order valence-corrected chi connectivity index (χ4v) is 8.52. The van der Waals surface area contributed by atoms with Gasteiger partial charge in [-0.3, -0.25) is 4.79 Å². The molecule has 4 aliphatic rings. The van der Waals surface area contributed by atoms with Crippen LogP contribution in [-0.4, -0.2) is 25.0 Å². The number of rotatable bonds is 5. The average molecular weight is 418 g/mol. The fraction of sp³-hybridized carbons (Fsp3) is 0.923. The van der Waals surface area contributed by atoms with Crippen LogP contribution in [0, 0.1) is 46.3 Å². The molecule has 4 saturated carbocycles. The van der Waals surface area contributed by atoms with E-state index in [0.29, 0.717) is 17.9 Å². The molecule has 4 heteroatoms. The standard InChI is InChI=1S/C26H43NO3/c1-5-14-27-24(29)30-16-23(28)22-9-8-20-19-7-6-18-15-17(2)10-12-25(18,3)21(19)11-13-26(20,22)4/h17-22H,5-16H2,1-4H3,(H,27,29). The lowest BCUT2D eigenvalue weighted by molar-refractivity contribution is -0.139. The molecule has 0 spiro atoms. The van der Waals surface area contributed by atoms with Crippen LogP contribution in [0.25, 0.3) is 0 Å². The maximum absolute atomic E-state index is 13.1. The van der Waals surface area contributed by atoms with Gasteiger partial charge in [0.1, 0.15) is 0 Å². The molecule has 4 fully saturated rings. The van der Waals surface area contributed by atoms with Crippen molar-refractivity contribution in [1.29, 1.82) is 0 Å². The first-order valence-electron chi connectivity index (χ1n) is 12.7. The molecule has 170 valence electrons. The number of ether oxygens (including phenoxy) is 1. The molecule has 4 rings (SSSR count). The predicted octanol–water partition coefficient (Wildman–Crippen LogP) is 5.99. The highest BCUT2D eigenvalue weighted by Crippen LogP contribution is 2.67. The molecule has 4 nitrogen and oxygen atoms in total. The van der Waals surface area contributed by atoms with E-state index < -0.39 is 6.09 Å². The Hall–Kier alpha value is -1.06. The Kier molecular flexibility index (Phi) is 6.25. The minimum absolute atomic E-state index is 0.0612. The molecule has 4 aliphatic carbocycles. The highest BCUT2D eigenvalue weighted by Gasteiger charge is 2.60. The second kappa shape index (κ2) is 8.47. The molecule has 0 aromatic rings. The van der Waals surface area contributed by atoms with E-state index in [2.05, 4.69) is 26.1 Å². The van der Waals surface area contributed by atoms with E-state index in [0.717, 1.165) is 36.5 Å². The van der Waals surface area contributed by atoms with Crippen molar-refractivity contribution in [1.82, 2.24) is 5.32 Å². The monoisotopic (exact) mass is 417 g/mol. The maximum atomic E-state index is 13.1. The molecule has 8 atom stereocenters. The highest BCUT2D eigenvalue weighted by atomic mass is 16.5. The summed E-state index contributed by atoms with van der Waals surface area (Å²) in [6.45, 7) is 9.98. The molecule has 8 unspecified atom stereocenters. The van der Waals surface area contributed by atoms with E-state index in [1.54, 1.807) is 0 Å². The van der Waals surface area contributed by atoms with E-state index in [-0.39, 0.29) is 23.7 Å². The molecule has 0 aromatic heterocycles. The van der Waals surface area contributed by atoms with Gasteiger partial charge in [0.15, 0.2) is 12.4 Å². The van der Waals surface area contributed by atoms with Crippen molar-refractivity contribution in [3.63, 3.8) is 0 Å². The fourth-order valence-electron chi connectivity index (χ4n) is 8.52. The lowest BCUT2D eigenvalue weighted by Crippen LogP contribution is -2.53. The molecule has 1 N–H and O–H groups in total. The molecule has 0 aromatic carbocycles. The summed E-state index contributed by atoms with van der Waals surface area (Å²) < 4.78 is 5.25. The molecule has 0 radical (unpaired) electrons. The third-order valence-corrected chi connectivity index (χ3v) is 10.2. The topological polar surface area (TPSA) is 55.4 Å². The Morgan fingerprint density at radius 2 is 1.70 bits per heavy atom. The number of ketones is 1. The van der Waals surface area contributed by atoms with Crippen LogP contribution in [0.15, 0.2) is 0 Å². The van der Waals surface area contributed by atoms with Gasteiger partial charge in [0.2, 0.25) is 0 Å². The van der Waals surface area contributed by atoms with Crippen molar-refractivity contribution in [3.05, 3.63) is 0 Å². The largest absolute Gasteiger partial charge is 0.442 e. The summed E-state index contributed by atoms with van der Waals surface area (Å²) in [6, 6.07) is 0. The van der Waals surface area contributed by atoms with Gasteiger partial charge in [0, 0.05) is 12.5 Å². The van der Waals surface area contributed by atoms with E-state index in [1.165, 1.54) is 51.4 Å². The number of hydrogen-bond acceptors (Lipinski definition) is 3. The first kappa shape index (κ1) is 22.1. The van der Waals surface area contributed by atoms with Crippen molar-refractivity contribution in [2.24, 2.45) is 46.3 Å². The van der Waals surface area contributed by atoms with Gasteiger partial charge in [0.25, 0.3) is 0 Å². The number of carbonyl (C=O) groups is 2. The van der Waals surface area contributed by atoms with Gasteiger partial charge < -0.3 is 10.1 Å². The zero-order chi connectivity index (χ0) is 21.5. The summed E-state index contributed by atoms with van der Waals surface area (Å²) in [5.41, 5.74) is 0.631. The van der Waals surface area contributed by atoms with E-state index >= 15 is 0 Å². The predicted molar refractivity (Wildman–Crippen MR) is 119 cm³/mol. The summed E-state index contributed by atoms with van der Waals surface area (Å²) >= 11 is 0. The minimum atomic E-state index is -0.452. The molecular weight excluding hydrogens is 374 g/mol. The van der Waals surface area contributed by atoms with Crippen LogP contribution >= 0.6 is 0 Å². The molecule has 0 saturated heterocycles. The second-order valence-corrected chi connectivity index (χ2v) is 11.7. The Morgan fingerprint density at radius 3 is 2.47 bits per heavy atom. The molecule has 0 heterocycles. The summed E-state index contributed by atoms with van der Waals surface area (Å²) in [6.07, 6.45) is 12.1. The SMILES string of the molecule is CCCNC(=O)OCC(=O)C1CCC2C3CCC4CC(C)CCC4(C)C3CCC12C. The second-order valence-electron chi connectivity index (χ2n) is 11.7. The van der Waals surface area contributed by atoms with E-state index in [9.17, 15) is 9.59 Å². The molecule has 1 amide bonds. The number of amides is 1. The van der Waals surface area contributed by atoms with Crippen LogP contribution in [-0.2, 0) is 9.53 Å². The van der Waals surface area contributed by atoms with E-state index in [4.69, 9.17) is 4.74 Å². The van der Waals surface area contributed by atoms with Gasteiger partial charge in [-0.25, -0.2) is 4.79 Å². The van der Waals surface area contributed by atoms with Crippen molar-refractivity contribution in [2.45, 2.75) is 91.9 Å². The zero-order valence-electron chi connectivity index (χ0n) is 19.7. The lowest BCUT2D eigenvalue weighted by Gasteiger charge is -2.61. The lowest BCUT2D eigenvalue weighted by atomic mass is 9.44. The first-order chi connectivity index (χ1) is 14.3. The Balaban J connectivity index is 1.42. The van der Waals surface area contributed by atoms with Crippen LogP contribution in [0.5, 0.6) is 0 Å². The van der Waals surface area contributed by atoms with Crippen LogP contribution in [0.3, 0.4) is 0 Å². The van der Waals surface area contributed by atoms with Crippen molar-refractivity contribution in [3.8, 4) is 0 Å². The molecule has 30 heavy (non-hydrogen) atoms. The van der Waals surface area contributed by atoms with Gasteiger partial charge in [-0.2, -0.15) is 0 Å². The van der Waals surface area contributed by atoms with Crippen LogP contribution in [0.1, 0.15) is 91.9 Å². The van der Waals surface area contributed by atoms with Crippen molar-refractivity contribution >= 4 is 11.9 Å². The van der Waals surface area contributed by atoms with Gasteiger partial charge in [-0.1, -0.05) is 34.1 Å². The molecule has 0 aliphatic heterocycles. The summed E-state index contributed by atoms with van der Waals surface area (Å²) in [5.74, 6) is 4.36. The molecular formula is C26H43NO3. The third kappa shape index (κ3) is 3.71. The van der Waals surface area contributed by atoms with Crippen LogP contribution < -0.4 is 5.32 Å². The van der Waals surface area contributed by atoms with Crippen molar-refractivity contribution in [2.75, 3.05) is 13.2 Å². The highest BCUT2D eigenvalue weighted by molar-refractivity contribution is 5.85. The number of hydrogen-bond donors (Lipinski definition) is 1. The number of Topliss-reactive ketones (excluding diaryl/α,β-unsaturated/α-hetero) is 1. The van der Waals surface area contributed by atoms with E-state index in [1.807, 2.05) is 6.92 Å². The average Bonchev–Trinajstić information content (AvgIpc) is 3.08. The smallest absolute Gasteiger partial charge is 0.407 e. The first-order valence-corrected chi connectivity index (χ1v) is 12.7. The Labute approximate surface area is 183 Å². The minimum Gasteiger partial charge on any atom is -0.442 e. The van der Waals surface area contributed by atoms with Crippen LogP contribution in [0.2, 0.25) is 0 Å². The van der Waals surface area contributed by atoms with Gasteiger partial charge in [-0.15, -0.1) is 0 Å². The quantitative estimate of drug-likeness (QED) is 0.598. The van der Waals surface area contributed by atoms with Gasteiger partial charge in [-0.05, 0) is 98.2 Å². The number of carbonyl (C=O) groups excluding carboxylic acids is 2. The zero-order valence-corrected chi connectivity index (χ0v) is 19.7. The van der Waals surface area contributed by atoms with Crippen LogP contribution in [0.4, 0.5) is 4.79 Å². The maximum Gasteiger partial charge on any atom is 0.407 e. The molecule has 0 bridgehead atoms. The summed E-state index contributed by atoms with van der Waals surface area (Å²) in [5, 5.41) is 2.70. The summed E-state index contributed by atoms with van der Waals surface area (Å²) in [7, 11) is 0. The normalized spacial score (nSPS) is 45.1. The number of nitrogens with one attached hydrogen (secondary N) is 1. The number of fused-ring (bicyclic) bond motifs is 5. The Morgan fingerprint density at radius 1 is 0.967 bits per heavy atom. The van der Waals surface area contributed by atoms with Gasteiger partial charge >= 0.3 is 6.09 Å². The van der Waals surface area contributed by atoms with Gasteiger partial charge in [0.05, 0.1) is 0 Å². The van der Waals surface area contributed by atoms with Crippen molar-refractivity contribution < 1.29 is 14.3 Å². The Bertz CT molecular complexity index is 663. The third-order valence-electron chi connectivity index (χ3n) is 10.2.